The normalized spacial score (nSPS) is 27.8. The summed E-state index contributed by atoms with van der Waals surface area (Å²) in [6.07, 6.45) is -4.94. The number of halogens is 3. The number of aryl methyl sites for hydroxylation is 2. The van der Waals surface area contributed by atoms with Gasteiger partial charge in [-0.15, -0.1) is 5.10 Å². The number of ether oxygens (including phenoxy) is 3. The van der Waals surface area contributed by atoms with E-state index in [1.54, 1.807) is 12.1 Å². The van der Waals surface area contributed by atoms with Crippen molar-refractivity contribution in [3.05, 3.63) is 63.8 Å². The van der Waals surface area contributed by atoms with Gasteiger partial charge in [-0.2, -0.15) is 0 Å². The van der Waals surface area contributed by atoms with E-state index in [1.165, 1.54) is 41.9 Å². The van der Waals surface area contributed by atoms with E-state index in [0.29, 0.717) is 10.2 Å². The van der Waals surface area contributed by atoms with Crippen molar-refractivity contribution in [2.45, 2.75) is 56.5 Å². The summed E-state index contributed by atoms with van der Waals surface area (Å²) in [6.45, 7) is 2.72. The van der Waals surface area contributed by atoms with Crippen molar-refractivity contribution in [1.29, 1.82) is 0 Å². The fourth-order valence-electron chi connectivity index (χ4n) is 5.50. The van der Waals surface area contributed by atoms with Gasteiger partial charge in [-0.05, 0) is 49.2 Å². The Morgan fingerprint density at radius 1 is 1.19 bits per heavy atom. The molecule has 11 nitrogen and oxygen atoms in total. The maximum absolute atomic E-state index is 14.7. The molecule has 1 aromatic heterocycles. The van der Waals surface area contributed by atoms with E-state index in [4.69, 9.17) is 14.2 Å². The van der Waals surface area contributed by atoms with Crippen LogP contribution in [0.1, 0.15) is 17.2 Å². The number of hydrogen-bond donors (Lipinski definition) is 3. The molecule has 0 radical (unpaired) electrons. The van der Waals surface area contributed by atoms with Crippen LogP contribution >= 0.6 is 15.9 Å². The Hall–Kier alpha value is -2.85. The molecule has 0 unspecified atom stereocenters. The van der Waals surface area contributed by atoms with Crippen LogP contribution in [0.3, 0.4) is 0 Å². The molecule has 5 rings (SSSR count). The number of benzene rings is 2. The molecule has 226 valence electrons. The SMILES string of the molecule is CO[C@@H]1[C@@H](n2cc(-c3ccc(C)c(F)c3F)nn2)[C@@H](O)[C@@H](CO)O[C@H]1C(=O)N(c1cc(C)cc(Br)c1)[C@H]1COC[C@@H]1O. The van der Waals surface area contributed by atoms with Crippen molar-refractivity contribution < 1.29 is 43.1 Å². The number of rotatable bonds is 7. The number of aliphatic hydroxyl groups is 3. The molecule has 0 spiro atoms. The number of carbonyl (C=O) groups is 1. The Morgan fingerprint density at radius 2 is 1.95 bits per heavy atom. The monoisotopic (exact) mass is 652 g/mol. The Morgan fingerprint density at radius 3 is 2.60 bits per heavy atom. The van der Waals surface area contributed by atoms with Crippen LogP contribution in [0.4, 0.5) is 14.5 Å². The molecule has 3 heterocycles. The van der Waals surface area contributed by atoms with Crippen molar-refractivity contribution in [3.63, 3.8) is 0 Å². The van der Waals surface area contributed by atoms with Gasteiger partial charge in [0.2, 0.25) is 0 Å². The number of nitrogens with zero attached hydrogens (tertiary/aromatic N) is 4. The van der Waals surface area contributed by atoms with Gasteiger partial charge in [0, 0.05) is 22.8 Å². The molecule has 0 saturated carbocycles. The minimum Gasteiger partial charge on any atom is -0.394 e. The second-order valence-electron chi connectivity index (χ2n) is 10.5. The molecule has 7 atom stereocenters. The maximum Gasteiger partial charge on any atom is 0.259 e. The Bertz CT molecular complexity index is 1440. The van der Waals surface area contributed by atoms with Crippen LogP contribution in [-0.4, -0.2) is 99.7 Å². The zero-order chi connectivity index (χ0) is 30.3. The summed E-state index contributed by atoms with van der Waals surface area (Å²) in [5, 5.41) is 40.0. The molecule has 2 aliphatic heterocycles. The molecule has 0 bridgehead atoms. The van der Waals surface area contributed by atoms with Gasteiger partial charge < -0.3 is 34.4 Å². The second-order valence-corrected chi connectivity index (χ2v) is 11.4. The molecule has 2 saturated heterocycles. The predicted molar refractivity (Wildman–Crippen MR) is 149 cm³/mol. The van der Waals surface area contributed by atoms with Gasteiger partial charge in [-0.1, -0.05) is 27.2 Å². The highest BCUT2D eigenvalue weighted by molar-refractivity contribution is 9.10. The van der Waals surface area contributed by atoms with Crippen molar-refractivity contribution in [2.75, 3.05) is 31.8 Å². The van der Waals surface area contributed by atoms with Crippen LogP contribution in [0.2, 0.25) is 0 Å². The van der Waals surface area contributed by atoms with Gasteiger partial charge in [0.15, 0.2) is 17.7 Å². The lowest BCUT2D eigenvalue weighted by molar-refractivity contribution is -0.211. The summed E-state index contributed by atoms with van der Waals surface area (Å²) in [5.74, 6) is -2.73. The third-order valence-corrected chi connectivity index (χ3v) is 8.10. The summed E-state index contributed by atoms with van der Waals surface area (Å²) in [7, 11) is 1.32. The molecule has 0 aliphatic carbocycles. The minimum absolute atomic E-state index is 0.0131. The fraction of sp³-hybridized carbons (Fsp3) is 0.464. The topological polar surface area (TPSA) is 139 Å². The van der Waals surface area contributed by atoms with E-state index in [0.717, 1.165) is 5.56 Å². The largest absolute Gasteiger partial charge is 0.394 e. The van der Waals surface area contributed by atoms with Gasteiger partial charge in [0.25, 0.3) is 5.91 Å². The zero-order valence-corrected chi connectivity index (χ0v) is 24.6. The average molecular weight is 653 g/mol. The van der Waals surface area contributed by atoms with E-state index in [9.17, 15) is 28.9 Å². The molecule has 1 amide bonds. The van der Waals surface area contributed by atoms with Crippen LogP contribution in [0, 0.1) is 25.5 Å². The molecule has 14 heteroatoms. The lowest BCUT2D eigenvalue weighted by atomic mass is 9.91. The first-order chi connectivity index (χ1) is 20.0. The maximum atomic E-state index is 14.7. The van der Waals surface area contributed by atoms with E-state index in [-0.39, 0.29) is 30.0 Å². The van der Waals surface area contributed by atoms with Gasteiger partial charge in [0.05, 0.1) is 32.1 Å². The number of carbonyl (C=O) groups excluding carboxylic acids is 1. The van der Waals surface area contributed by atoms with Crippen LogP contribution in [0.15, 0.2) is 41.0 Å². The lowest BCUT2D eigenvalue weighted by Crippen LogP contribution is -2.63. The van der Waals surface area contributed by atoms with Gasteiger partial charge in [-0.3, -0.25) is 4.79 Å². The number of hydrogen-bond acceptors (Lipinski definition) is 9. The highest BCUT2D eigenvalue weighted by Crippen LogP contribution is 2.36. The van der Waals surface area contributed by atoms with Gasteiger partial charge >= 0.3 is 0 Å². The van der Waals surface area contributed by atoms with Crippen LogP contribution in [0.5, 0.6) is 0 Å². The summed E-state index contributed by atoms with van der Waals surface area (Å²) in [4.78, 5) is 15.7. The van der Waals surface area contributed by atoms with Crippen molar-refractivity contribution in [1.82, 2.24) is 15.0 Å². The Labute approximate surface area is 248 Å². The fourth-order valence-corrected chi connectivity index (χ4v) is 6.10. The first kappa shape index (κ1) is 30.6. The third-order valence-electron chi connectivity index (χ3n) is 7.65. The predicted octanol–water partition coefficient (Wildman–Crippen LogP) is 2.07. The second kappa shape index (κ2) is 12.4. The molecular weight excluding hydrogens is 622 g/mol. The molecule has 3 aromatic rings. The van der Waals surface area contributed by atoms with E-state index >= 15 is 0 Å². The van der Waals surface area contributed by atoms with Crippen molar-refractivity contribution >= 4 is 27.5 Å². The van der Waals surface area contributed by atoms with Gasteiger partial charge in [0.1, 0.15) is 36.2 Å². The van der Waals surface area contributed by atoms with Gasteiger partial charge in [-0.25, -0.2) is 13.5 Å². The summed E-state index contributed by atoms with van der Waals surface area (Å²) < 4.78 is 48.0. The number of anilines is 1. The van der Waals surface area contributed by atoms with Crippen LogP contribution < -0.4 is 4.90 Å². The molecule has 2 aliphatic rings. The van der Waals surface area contributed by atoms with E-state index in [1.807, 2.05) is 13.0 Å². The van der Waals surface area contributed by atoms with E-state index in [2.05, 4.69) is 26.2 Å². The number of methoxy groups -OCH3 is 1. The van der Waals surface area contributed by atoms with E-state index < -0.39 is 66.8 Å². The average Bonchev–Trinajstić information content (AvgIpc) is 3.60. The Balaban J connectivity index is 1.55. The molecule has 42 heavy (non-hydrogen) atoms. The first-order valence-electron chi connectivity index (χ1n) is 13.3. The number of amides is 1. The smallest absolute Gasteiger partial charge is 0.259 e. The summed E-state index contributed by atoms with van der Waals surface area (Å²) >= 11 is 3.46. The third kappa shape index (κ3) is 5.60. The number of aromatic nitrogens is 3. The lowest BCUT2D eigenvalue weighted by Gasteiger charge is -2.45. The molecule has 2 aromatic carbocycles. The van der Waals surface area contributed by atoms with Crippen LogP contribution in [-0.2, 0) is 19.0 Å². The standard InChI is InChI=1S/C28H31BrF2N4O7/c1-13-6-15(29)8-16(7-13)35(19-11-41-12-20(19)37)28(39)27-26(40-3)24(25(38)21(10-36)42-27)34-9-18(32-33-34)17-5-4-14(2)22(30)23(17)31/h4-9,19-21,24-27,36-38H,10-12H2,1-3H3/t19-,20-,21+,24-,25-,26+,27+/m0/s1. The molecular formula is C28H31BrF2N4O7. The summed E-state index contributed by atoms with van der Waals surface area (Å²) in [6, 6.07) is 6.23. The first-order valence-corrected chi connectivity index (χ1v) is 14.0. The van der Waals surface area contributed by atoms with Crippen molar-refractivity contribution in [3.8, 4) is 11.3 Å². The quantitative estimate of drug-likeness (QED) is 0.350. The Kier molecular flexibility index (Phi) is 9.04. The highest BCUT2D eigenvalue weighted by atomic mass is 79.9. The molecule has 2 fully saturated rings. The molecule has 3 N–H and O–H groups in total. The van der Waals surface area contributed by atoms with Crippen LogP contribution in [0.25, 0.3) is 11.3 Å². The zero-order valence-electron chi connectivity index (χ0n) is 23.0. The minimum atomic E-state index is -1.43. The number of aliphatic hydroxyl groups excluding tert-OH is 3. The summed E-state index contributed by atoms with van der Waals surface area (Å²) in [5.41, 5.74) is 1.27. The highest BCUT2D eigenvalue weighted by Gasteiger charge is 2.52. The van der Waals surface area contributed by atoms with Crippen molar-refractivity contribution in [2.24, 2.45) is 0 Å².